The Morgan fingerprint density at radius 1 is 1.33 bits per heavy atom. The zero-order valence-electron chi connectivity index (χ0n) is 11.6. The molecule has 18 heavy (non-hydrogen) atoms. The number of aliphatic carboxylic acids is 1. The van der Waals surface area contributed by atoms with E-state index < -0.39 is 5.97 Å². The van der Waals surface area contributed by atoms with Gasteiger partial charge in [-0.1, -0.05) is 19.1 Å². The number of hydrogen-bond acceptors (Lipinski definition) is 4. The van der Waals surface area contributed by atoms with Gasteiger partial charge in [-0.15, -0.1) is 0 Å². The summed E-state index contributed by atoms with van der Waals surface area (Å²) in [5, 5.41) is 8.67. The molecule has 0 radical (unpaired) electrons. The van der Waals surface area contributed by atoms with E-state index in [-0.39, 0.29) is 5.97 Å². The van der Waals surface area contributed by atoms with E-state index in [1.165, 1.54) is 7.11 Å². The van der Waals surface area contributed by atoms with Crippen LogP contribution in [0.5, 0.6) is 0 Å². The van der Waals surface area contributed by atoms with E-state index in [9.17, 15) is 9.59 Å². The number of nitrogens with two attached hydrogens (primary N) is 1. The quantitative estimate of drug-likeness (QED) is 0.579. The van der Waals surface area contributed by atoms with Crippen LogP contribution in [0, 0.1) is 0 Å². The summed E-state index contributed by atoms with van der Waals surface area (Å²) in [6, 6.07) is 0. The van der Waals surface area contributed by atoms with Gasteiger partial charge in [-0.2, -0.15) is 0 Å². The summed E-state index contributed by atoms with van der Waals surface area (Å²) in [4.78, 5) is 20.7. The number of ether oxygens (including phenoxy) is 1. The van der Waals surface area contributed by atoms with E-state index in [1.54, 1.807) is 6.92 Å². The fraction of sp³-hybridized carbons (Fsp3) is 0.538. The van der Waals surface area contributed by atoms with Crippen LogP contribution in [0.3, 0.4) is 0 Å². The molecular formula is C13H23NO4. The minimum Gasteiger partial charge on any atom is -0.478 e. The third-order valence-electron chi connectivity index (χ3n) is 2.18. The normalized spacial score (nSPS) is 10.7. The largest absolute Gasteiger partial charge is 0.478 e. The summed E-state index contributed by atoms with van der Waals surface area (Å²) >= 11 is 0. The van der Waals surface area contributed by atoms with Crippen molar-refractivity contribution in [2.45, 2.75) is 33.6 Å². The van der Waals surface area contributed by atoms with Gasteiger partial charge in [0.25, 0.3) is 0 Å². The molecule has 3 N–H and O–H groups in total. The van der Waals surface area contributed by atoms with Crippen molar-refractivity contribution < 1.29 is 19.4 Å². The lowest BCUT2D eigenvalue weighted by molar-refractivity contribution is -0.136. The van der Waals surface area contributed by atoms with Gasteiger partial charge in [0.2, 0.25) is 0 Å². The maximum atomic E-state index is 10.5. The highest BCUT2D eigenvalue weighted by molar-refractivity contribution is 5.87. The van der Waals surface area contributed by atoms with Crippen LogP contribution < -0.4 is 5.73 Å². The number of carbonyl (C=O) groups is 2. The molecule has 5 nitrogen and oxygen atoms in total. The van der Waals surface area contributed by atoms with Crippen LogP contribution in [-0.4, -0.2) is 30.7 Å². The molecule has 0 aliphatic carbocycles. The lowest BCUT2D eigenvalue weighted by Gasteiger charge is -2.03. The minimum absolute atomic E-state index is 0.347. The monoisotopic (exact) mass is 257 g/mol. The maximum Gasteiger partial charge on any atom is 0.332 e. The lowest BCUT2D eigenvalue weighted by atomic mass is 10.1. The Morgan fingerprint density at radius 3 is 2.00 bits per heavy atom. The first kappa shape index (κ1) is 18.7. The van der Waals surface area contributed by atoms with Crippen LogP contribution in [0.15, 0.2) is 23.3 Å². The summed E-state index contributed by atoms with van der Waals surface area (Å²) in [5.74, 6) is -1.17. The van der Waals surface area contributed by atoms with Crippen LogP contribution in [0.4, 0.5) is 0 Å². The van der Waals surface area contributed by atoms with E-state index in [2.05, 4.69) is 11.3 Å². The van der Waals surface area contributed by atoms with Crippen molar-refractivity contribution >= 4 is 11.9 Å². The molecule has 104 valence electrons. The van der Waals surface area contributed by atoms with Crippen molar-refractivity contribution in [3.63, 3.8) is 0 Å². The third kappa shape index (κ3) is 8.52. The molecule has 0 saturated carbocycles. The second-order valence-electron chi connectivity index (χ2n) is 3.73. The van der Waals surface area contributed by atoms with Gasteiger partial charge < -0.3 is 15.6 Å². The molecule has 0 spiro atoms. The molecule has 0 heterocycles. The molecule has 0 amide bonds. The average molecular weight is 257 g/mol. The summed E-state index contributed by atoms with van der Waals surface area (Å²) < 4.78 is 4.27. The van der Waals surface area contributed by atoms with Crippen molar-refractivity contribution in [3.8, 4) is 0 Å². The van der Waals surface area contributed by atoms with E-state index in [0.29, 0.717) is 30.5 Å². The number of methoxy groups -OCH3 is 1. The first-order valence-electron chi connectivity index (χ1n) is 5.67. The molecule has 0 aromatic heterocycles. The topological polar surface area (TPSA) is 89.6 Å². The Morgan fingerprint density at radius 2 is 1.83 bits per heavy atom. The molecule has 0 saturated heterocycles. The maximum absolute atomic E-state index is 10.5. The minimum atomic E-state index is -0.821. The highest BCUT2D eigenvalue weighted by Crippen LogP contribution is 2.10. The summed E-state index contributed by atoms with van der Waals surface area (Å²) in [7, 11) is 1.33. The molecule has 0 atom stereocenters. The first-order chi connectivity index (χ1) is 8.31. The van der Waals surface area contributed by atoms with Gasteiger partial charge in [-0.3, -0.25) is 0 Å². The SMILES string of the molecule is C=C(C)C(=O)OC.CCC(C(=O)O)=C(C)CCN. The van der Waals surface area contributed by atoms with E-state index in [1.807, 2.05) is 13.8 Å². The number of carboxylic acids is 1. The number of carbonyl (C=O) groups excluding carboxylic acids is 1. The zero-order chi connectivity index (χ0) is 14.7. The molecule has 0 aliphatic heterocycles. The van der Waals surface area contributed by atoms with Gasteiger partial charge in [0.15, 0.2) is 0 Å². The molecule has 0 unspecified atom stereocenters. The van der Waals surface area contributed by atoms with Crippen LogP contribution in [0.2, 0.25) is 0 Å². The Hall–Kier alpha value is -1.62. The van der Waals surface area contributed by atoms with E-state index in [0.717, 1.165) is 5.57 Å². The van der Waals surface area contributed by atoms with Crippen molar-refractivity contribution in [2.24, 2.45) is 5.73 Å². The molecule has 0 aromatic carbocycles. The fourth-order valence-electron chi connectivity index (χ4n) is 1.18. The number of hydrogen-bond donors (Lipinski definition) is 2. The van der Waals surface area contributed by atoms with E-state index in [4.69, 9.17) is 10.8 Å². The average Bonchev–Trinajstić information content (AvgIpc) is 2.29. The predicted octanol–water partition coefficient (Wildman–Crippen LogP) is 1.88. The van der Waals surface area contributed by atoms with Crippen LogP contribution in [0.25, 0.3) is 0 Å². The van der Waals surface area contributed by atoms with Gasteiger partial charge in [0, 0.05) is 11.1 Å². The number of esters is 1. The Kier molecular flexibility index (Phi) is 11.0. The van der Waals surface area contributed by atoms with Gasteiger partial charge in [0.05, 0.1) is 7.11 Å². The number of carboxylic acid groups (broad SMARTS) is 1. The third-order valence-corrected chi connectivity index (χ3v) is 2.18. The van der Waals surface area contributed by atoms with Crippen LogP contribution in [0.1, 0.15) is 33.6 Å². The summed E-state index contributed by atoms with van der Waals surface area (Å²) in [6.07, 6.45) is 1.25. The Balaban J connectivity index is 0. The van der Waals surface area contributed by atoms with E-state index >= 15 is 0 Å². The van der Waals surface area contributed by atoms with Crippen molar-refractivity contribution in [1.29, 1.82) is 0 Å². The Bertz CT molecular complexity index is 332. The van der Waals surface area contributed by atoms with Gasteiger partial charge >= 0.3 is 11.9 Å². The lowest BCUT2D eigenvalue weighted by Crippen LogP contribution is -2.06. The summed E-state index contributed by atoms with van der Waals surface area (Å²) in [5.41, 5.74) is 7.11. The zero-order valence-corrected chi connectivity index (χ0v) is 11.6. The van der Waals surface area contributed by atoms with Gasteiger partial charge in [-0.05, 0) is 33.2 Å². The highest BCUT2D eigenvalue weighted by atomic mass is 16.5. The van der Waals surface area contributed by atoms with Crippen molar-refractivity contribution in [3.05, 3.63) is 23.3 Å². The molecular weight excluding hydrogens is 234 g/mol. The molecule has 0 aromatic rings. The predicted molar refractivity (Wildman–Crippen MR) is 71.1 cm³/mol. The number of rotatable bonds is 5. The smallest absolute Gasteiger partial charge is 0.332 e. The van der Waals surface area contributed by atoms with Gasteiger partial charge in [0.1, 0.15) is 0 Å². The summed E-state index contributed by atoms with van der Waals surface area (Å²) in [6.45, 7) is 9.13. The van der Waals surface area contributed by atoms with Crippen molar-refractivity contribution in [1.82, 2.24) is 0 Å². The molecule has 5 heteroatoms. The first-order valence-corrected chi connectivity index (χ1v) is 5.67. The second kappa shape index (κ2) is 10.5. The van der Waals surface area contributed by atoms with Crippen molar-refractivity contribution in [2.75, 3.05) is 13.7 Å². The molecule has 0 aliphatic rings. The van der Waals surface area contributed by atoms with Crippen LogP contribution in [-0.2, 0) is 14.3 Å². The molecule has 0 rings (SSSR count). The standard InChI is InChI=1S/C8H15NO2.C5H8O2/c1-3-7(8(10)11)6(2)4-5-9;1-4(2)5(6)7-3/h3-5,9H2,1-2H3,(H,10,11);1H2,2-3H3. The highest BCUT2D eigenvalue weighted by Gasteiger charge is 2.07. The van der Waals surface area contributed by atoms with Gasteiger partial charge in [-0.25, -0.2) is 9.59 Å². The Labute approximate surface area is 108 Å². The van der Waals surface area contributed by atoms with Crippen LogP contribution >= 0.6 is 0 Å². The second-order valence-corrected chi connectivity index (χ2v) is 3.73. The fourth-order valence-corrected chi connectivity index (χ4v) is 1.18. The molecule has 0 fully saturated rings. The molecule has 0 bridgehead atoms.